The Balaban J connectivity index is 1.64. The molecule has 1 aromatic heterocycles. The maximum atomic E-state index is 12.0. The maximum Gasteiger partial charge on any atom is 0.248 e. The Morgan fingerprint density at radius 3 is 2.68 bits per heavy atom. The molecular weight excluding hydrogens is 416 g/mol. The van der Waals surface area contributed by atoms with E-state index < -0.39 is 0 Å². The first-order chi connectivity index (χ1) is 14.8. The van der Waals surface area contributed by atoms with E-state index in [0.29, 0.717) is 29.1 Å². The van der Waals surface area contributed by atoms with Crippen LogP contribution >= 0.6 is 11.6 Å². The summed E-state index contributed by atoms with van der Waals surface area (Å²) >= 11 is 5.96. The molecule has 0 spiro atoms. The predicted molar refractivity (Wildman–Crippen MR) is 120 cm³/mol. The number of aromatic nitrogens is 2. The molecule has 2 aromatic rings. The fraction of sp³-hybridized carbons (Fsp3) is 0.391. The van der Waals surface area contributed by atoms with Gasteiger partial charge in [0.15, 0.2) is 5.82 Å². The third kappa shape index (κ3) is 6.60. The second kappa shape index (κ2) is 10.5. The number of benzene rings is 1. The predicted octanol–water partition coefficient (Wildman–Crippen LogP) is 5.22. The molecule has 2 heterocycles. The lowest BCUT2D eigenvalue weighted by Gasteiger charge is -2.13. The summed E-state index contributed by atoms with van der Waals surface area (Å²) in [6.07, 6.45) is 6.44. The Bertz CT molecular complexity index is 991. The number of carbonyl (C=O) groups excluding carboxylic acids is 1. The van der Waals surface area contributed by atoms with Crippen LogP contribution in [0.1, 0.15) is 63.4 Å². The van der Waals surface area contributed by atoms with Gasteiger partial charge in [-0.25, -0.2) is 5.01 Å². The van der Waals surface area contributed by atoms with E-state index in [0.717, 1.165) is 12.0 Å². The second-order valence-electron chi connectivity index (χ2n) is 7.77. The Kier molecular flexibility index (Phi) is 7.76. The fourth-order valence-corrected chi connectivity index (χ4v) is 3.29. The second-order valence-corrected chi connectivity index (χ2v) is 8.21. The molecule has 1 aliphatic heterocycles. The van der Waals surface area contributed by atoms with Gasteiger partial charge in [0.1, 0.15) is 6.54 Å². The molecule has 0 aliphatic carbocycles. The zero-order chi connectivity index (χ0) is 22.4. The number of ether oxygens (including phenoxy) is 1. The number of halogens is 1. The average molecular weight is 443 g/mol. The summed E-state index contributed by atoms with van der Waals surface area (Å²) in [6, 6.07) is 7.64. The van der Waals surface area contributed by atoms with E-state index in [1.165, 1.54) is 17.5 Å². The highest BCUT2D eigenvalue weighted by Crippen LogP contribution is 2.37. The van der Waals surface area contributed by atoms with Gasteiger partial charge in [-0.2, -0.15) is 10.1 Å². The van der Waals surface area contributed by atoms with Crippen LogP contribution in [-0.2, 0) is 16.1 Å². The van der Waals surface area contributed by atoms with Gasteiger partial charge in [-0.05, 0) is 51.0 Å². The van der Waals surface area contributed by atoms with Crippen molar-refractivity contribution >= 4 is 23.2 Å². The third-order valence-electron chi connectivity index (χ3n) is 4.78. The fourth-order valence-electron chi connectivity index (χ4n) is 3.16. The third-order valence-corrected chi connectivity index (χ3v) is 5.03. The Morgan fingerprint density at radius 1 is 1.26 bits per heavy atom. The van der Waals surface area contributed by atoms with E-state index in [1.807, 2.05) is 63.3 Å². The Hall–Kier alpha value is -2.77. The van der Waals surface area contributed by atoms with Crippen LogP contribution in [0.25, 0.3) is 0 Å². The summed E-state index contributed by atoms with van der Waals surface area (Å²) in [5.41, 5.74) is 2.95. The maximum absolute atomic E-state index is 12.0. The van der Waals surface area contributed by atoms with Crippen molar-refractivity contribution in [1.29, 1.82) is 0 Å². The van der Waals surface area contributed by atoms with E-state index in [-0.39, 0.29) is 24.5 Å². The van der Waals surface area contributed by atoms with Crippen molar-refractivity contribution in [2.75, 3.05) is 6.61 Å². The SMILES string of the molecule is CC(=O)N(Cc1nc([C@@H]2CO[C@@H](c3ccc(Cl)cc3)C2)no1)/N=C(C)/C=C\C=C(C)C. The number of hydrazone groups is 1. The number of carbonyl (C=O) groups is 1. The lowest BCUT2D eigenvalue weighted by Crippen LogP contribution is -2.23. The summed E-state index contributed by atoms with van der Waals surface area (Å²) in [4.78, 5) is 16.5. The van der Waals surface area contributed by atoms with E-state index in [9.17, 15) is 4.79 Å². The molecule has 164 valence electrons. The minimum atomic E-state index is -0.207. The van der Waals surface area contributed by atoms with Crippen molar-refractivity contribution in [3.63, 3.8) is 0 Å². The molecular formula is C23H27ClN4O3. The topological polar surface area (TPSA) is 80.8 Å². The molecule has 0 N–H and O–H groups in total. The minimum Gasteiger partial charge on any atom is -0.373 e. The molecule has 1 fully saturated rings. The van der Waals surface area contributed by atoms with Crippen molar-refractivity contribution in [2.45, 2.75) is 52.7 Å². The van der Waals surface area contributed by atoms with Crippen LogP contribution in [0.5, 0.6) is 0 Å². The molecule has 1 amide bonds. The summed E-state index contributed by atoms with van der Waals surface area (Å²) in [7, 11) is 0. The molecule has 0 radical (unpaired) electrons. The summed E-state index contributed by atoms with van der Waals surface area (Å²) in [5, 5.41) is 10.5. The smallest absolute Gasteiger partial charge is 0.248 e. The van der Waals surface area contributed by atoms with Gasteiger partial charge in [0, 0.05) is 17.9 Å². The number of nitrogens with zero attached hydrogens (tertiary/aromatic N) is 4. The molecule has 3 rings (SSSR count). The number of hydrogen-bond acceptors (Lipinski definition) is 6. The quantitative estimate of drug-likeness (QED) is 0.334. The van der Waals surface area contributed by atoms with E-state index in [2.05, 4.69) is 15.2 Å². The standard InChI is InChI=1S/C23H27ClN4O3/c1-15(2)6-5-7-16(3)26-28(17(4)29)13-22-25-23(27-31-22)19-12-21(30-14-19)18-8-10-20(24)11-9-18/h5-11,19,21H,12-14H2,1-4H3/b7-5-,26-16+/t19-,21+/m0/s1. The lowest BCUT2D eigenvalue weighted by molar-refractivity contribution is -0.129. The van der Waals surface area contributed by atoms with Gasteiger partial charge >= 0.3 is 0 Å². The van der Waals surface area contributed by atoms with Crippen molar-refractivity contribution < 1.29 is 14.1 Å². The van der Waals surface area contributed by atoms with Gasteiger partial charge in [-0.15, -0.1) is 0 Å². The summed E-state index contributed by atoms with van der Waals surface area (Å²) in [5.74, 6) is 0.743. The largest absolute Gasteiger partial charge is 0.373 e. The molecule has 7 nitrogen and oxygen atoms in total. The summed E-state index contributed by atoms with van der Waals surface area (Å²) in [6.45, 7) is 7.93. The lowest BCUT2D eigenvalue weighted by atomic mass is 10.0. The van der Waals surface area contributed by atoms with Gasteiger partial charge in [0.25, 0.3) is 0 Å². The van der Waals surface area contributed by atoms with Crippen LogP contribution in [0.3, 0.4) is 0 Å². The van der Waals surface area contributed by atoms with Crippen LogP contribution in [0.4, 0.5) is 0 Å². The van der Waals surface area contributed by atoms with Crippen LogP contribution in [0, 0.1) is 0 Å². The van der Waals surface area contributed by atoms with E-state index in [1.54, 1.807) is 0 Å². The monoisotopic (exact) mass is 442 g/mol. The molecule has 1 aliphatic rings. The van der Waals surface area contributed by atoms with Crippen molar-refractivity contribution in [2.24, 2.45) is 5.10 Å². The van der Waals surface area contributed by atoms with Crippen molar-refractivity contribution in [3.8, 4) is 0 Å². The van der Waals surface area contributed by atoms with Gasteiger partial charge in [-0.1, -0.05) is 46.6 Å². The zero-order valence-electron chi connectivity index (χ0n) is 18.2. The highest BCUT2D eigenvalue weighted by molar-refractivity contribution is 6.30. The zero-order valence-corrected chi connectivity index (χ0v) is 19.0. The number of allylic oxidation sites excluding steroid dienone is 4. The molecule has 8 heteroatoms. The Morgan fingerprint density at radius 2 is 2.00 bits per heavy atom. The van der Waals surface area contributed by atoms with E-state index in [4.69, 9.17) is 20.9 Å². The molecule has 1 saturated heterocycles. The average Bonchev–Trinajstić information content (AvgIpc) is 3.37. The van der Waals surface area contributed by atoms with Gasteiger partial charge in [-0.3, -0.25) is 4.79 Å². The first-order valence-corrected chi connectivity index (χ1v) is 10.5. The molecule has 0 saturated carbocycles. The van der Waals surface area contributed by atoms with Crippen LogP contribution in [-0.4, -0.2) is 33.4 Å². The minimum absolute atomic E-state index is 0.0289. The Labute approximate surface area is 187 Å². The van der Waals surface area contributed by atoms with Crippen molar-refractivity contribution in [1.82, 2.24) is 15.1 Å². The highest BCUT2D eigenvalue weighted by Gasteiger charge is 2.31. The van der Waals surface area contributed by atoms with Crippen LogP contribution < -0.4 is 0 Å². The molecule has 0 unspecified atom stereocenters. The number of hydrogen-bond donors (Lipinski definition) is 0. The molecule has 0 bridgehead atoms. The number of amides is 1. The van der Waals surface area contributed by atoms with Crippen molar-refractivity contribution in [3.05, 3.63) is 70.4 Å². The highest BCUT2D eigenvalue weighted by atomic mass is 35.5. The molecule has 2 atom stereocenters. The normalized spacial score (nSPS) is 19.1. The molecule has 1 aromatic carbocycles. The van der Waals surface area contributed by atoms with Gasteiger partial charge in [0.05, 0.1) is 18.4 Å². The number of rotatable bonds is 7. The molecule has 31 heavy (non-hydrogen) atoms. The van der Waals surface area contributed by atoms with E-state index >= 15 is 0 Å². The van der Waals surface area contributed by atoms with Crippen LogP contribution in [0.15, 0.2) is 57.7 Å². The van der Waals surface area contributed by atoms with Crippen LogP contribution in [0.2, 0.25) is 5.02 Å². The first kappa shape index (κ1) is 22.9. The summed E-state index contributed by atoms with van der Waals surface area (Å²) < 4.78 is 11.3. The van der Waals surface area contributed by atoms with Gasteiger partial charge < -0.3 is 9.26 Å². The first-order valence-electron chi connectivity index (χ1n) is 10.2. The van der Waals surface area contributed by atoms with Gasteiger partial charge in [0.2, 0.25) is 11.8 Å².